The average molecular weight is 655 g/mol. The number of amides is 2. The number of rotatable bonds is 11. The van der Waals surface area contributed by atoms with E-state index in [1.807, 2.05) is 6.07 Å². The molecule has 1 aliphatic rings. The predicted octanol–water partition coefficient (Wildman–Crippen LogP) is 4.39. The molecule has 2 aromatic carbocycles. The van der Waals surface area contributed by atoms with Gasteiger partial charge in [0.15, 0.2) is 5.69 Å². The van der Waals surface area contributed by atoms with E-state index in [0.29, 0.717) is 22.8 Å². The lowest BCUT2D eigenvalue weighted by Gasteiger charge is -2.37. The first-order valence-corrected chi connectivity index (χ1v) is 14.8. The average Bonchev–Trinajstić information content (AvgIpc) is 3.63. The molecule has 0 radical (unpaired) electrons. The van der Waals surface area contributed by atoms with E-state index in [0.717, 1.165) is 17.7 Å². The Morgan fingerprint density at radius 2 is 1.70 bits per heavy atom. The highest BCUT2D eigenvalue weighted by Crippen LogP contribution is 2.32. The molecule has 0 aliphatic carbocycles. The highest BCUT2D eigenvalue weighted by atomic mass is 19.4. The fourth-order valence-electron chi connectivity index (χ4n) is 5.23. The van der Waals surface area contributed by atoms with Crippen LogP contribution in [0.25, 0.3) is 5.69 Å². The van der Waals surface area contributed by atoms with Crippen molar-refractivity contribution in [2.75, 3.05) is 31.1 Å². The van der Waals surface area contributed by atoms with Crippen molar-refractivity contribution in [2.45, 2.75) is 45.5 Å². The minimum atomic E-state index is -4.48. The number of aryl methyl sites for hydroxylation is 2. The van der Waals surface area contributed by atoms with E-state index in [2.05, 4.69) is 15.6 Å². The topological polar surface area (TPSA) is 143 Å². The Kier molecular flexibility index (Phi) is 9.82. The van der Waals surface area contributed by atoms with Gasteiger partial charge in [-0.1, -0.05) is 29.4 Å². The normalized spacial score (nSPS) is 14.1. The number of nitrogens with zero attached hydrogens (tertiary/aromatic N) is 5. The molecule has 0 spiro atoms. The maximum atomic E-state index is 13.6. The SMILES string of the molecule is Cc1noc(C)c1COc1cc(C(=O)NC(CCC(=O)O)C(=O)N2CCN(c3cccc(C(F)(F)F)c3)CC2)nn1-c1ccccc1. The van der Waals surface area contributed by atoms with Crippen LogP contribution in [0, 0.1) is 13.8 Å². The summed E-state index contributed by atoms with van der Waals surface area (Å²) in [5.74, 6) is -1.54. The lowest BCUT2D eigenvalue weighted by atomic mass is 10.1. The minimum Gasteiger partial charge on any atom is -0.481 e. The Morgan fingerprint density at radius 1 is 1.00 bits per heavy atom. The Balaban J connectivity index is 1.31. The first kappa shape index (κ1) is 33.0. The third-order valence-corrected chi connectivity index (χ3v) is 7.84. The molecule has 1 unspecified atom stereocenters. The summed E-state index contributed by atoms with van der Waals surface area (Å²) in [7, 11) is 0. The van der Waals surface area contributed by atoms with Crippen LogP contribution in [0.15, 0.2) is 65.2 Å². The Labute approximate surface area is 267 Å². The maximum Gasteiger partial charge on any atom is 0.416 e. The van der Waals surface area contributed by atoms with E-state index in [1.165, 1.54) is 21.7 Å². The molecule has 47 heavy (non-hydrogen) atoms. The van der Waals surface area contributed by atoms with Crippen LogP contribution < -0.4 is 15.0 Å². The summed E-state index contributed by atoms with van der Waals surface area (Å²) < 4.78 is 52.3. The smallest absolute Gasteiger partial charge is 0.416 e. The van der Waals surface area contributed by atoms with Gasteiger partial charge in [-0.3, -0.25) is 14.4 Å². The van der Waals surface area contributed by atoms with Gasteiger partial charge in [-0.2, -0.15) is 18.3 Å². The first-order chi connectivity index (χ1) is 22.4. The molecule has 15 heteroatoms. The van der Waals surface area contributed by atoms with Crippen LogP contribution in [0.3, 0.4) is 0 Å². The zero-order valence-electron chi connectivity index (χ0n) is 25.7. The minimum absolute atomic E-state index is 0.0647. The highest BCUT2D eigenvalue weighted by Gasteiger charge is 2.33. The van der Waals surface area contributed by atoms with Crippen LogP contribution in [0.4, 0.5) is 18.9 Å². The number of aliphatic carboxylic acids is 1. The molecule has 3 heterocycles. The predicted molar refractivity (Wildman–Crippen MR) is 162 cm³/mol. The van der Waals surface area contributed by atoms with Gasteiger partial charge in [-0.25, -0.2) is 4.68 Å². The Bertz CT molecular complexity index is 1710. The van der Waals surface area contributed by atoms with Crippen LogP contribution in [-0.2, 0) is 22.4 Å². The van der Waals surface area contributed by atoms with E-state index in [-0.39, 0.29) is 57.2 Å². The number of benzene rings is 2. The number of alkyl halides is 3. The number of hydrogen-bond acceptors (Lipinski definition) is 8. The molecule has 2 amide bonds. The zero-order valence-corrected chi connectivity index (χ0v) is 25.7. The van der Waals surface area contributed by atoms with Crippen molar-refractivity contribution in [3.05, 3.63) is 88.9 Å². The molecule has 2 aromatic heterocycles. The molecular weight excluding hydrogens is 621 g/mol. The second-order valence-electron chi connectivity index (χ2n) is 11.0. The van der Waals surface area contributed by atoms with Gasteiger partial charge in [0, 0.05) is 44.4 Å². The second-order valence-corrected chi connectivity index (χ2v) is 11.0. The van der Waals surface area contributed by atoms with E-state index in [4.69, 9.17) is 9.26 Å². The molecule has 0 bridgehead atoms. The monoisotopic (exact) mass is 654 g/mol. The summed E-state index contributed by atoms with van der Waals surface area (Å²) in [6, 6.07) is 14.2. The van der Waals surface area contributed by atoms with E-state index < -0.39 is 35.6 Å². The number of ether oxygens (including phenoxy) is 1. The van der Waals surface area contributed by atoms with Crippen molar-refractivity contribution in [1.29, 1.82) is 0 Å². The zero-order chi connectivity index (χ0) is 33.7. The molecule has 0 saturated carbocycles. The molecule has 1 saturated heterocycles. The summed E-state index contributed by atoms with van der Waals surface area (Å²) in [6.45, 7) is 4.45. The van der Waals surface area contributed by atoms with Gasteiger partial charge < -0.3 is 29.5 Å². The van der Waals surface area contributed by atoms with Crippen LogP contribution >= 0.6 is 0 Å². The number of para-hydroxylation sites is 1. The third-order valence-electron chi connectivity index (χ3n) is 7.84. The van der Waals surface area contributed by atoms with Gasteiger partial charge in [0.25, 0.3) is 5.91 Å². The van der Waals surface area contributed by atoms with Crippen molar-refractivity contribution in [3.8, 4) is 11.6 Å². The van der Waals surface area contributed by atoms with Crippen LogP contribution in [0.2, 0.25) is 0 Å². The molecule has 4 aromatic rings. The summed E-state index contributed by atoms with van der Waals surface area (Å²) >= 11 is 0. The van der Waals surface area contributed by atoms with Gasteiger partial charge in [-0.15, -0.1) is 0 Å². The largest absolute Gasteiger partial charge is 0.481 e. The number of piperazine rings is 1. The number of carboxylic acid groups (broad SMARTS) is 1. The fourth-order valence-corrected chi connectivity index (χ4v) is 5.23. The van der Waals surface area contributed by atoms with Crippen molar-refractivity contribution >= 4 is 23.5 Å². The molecule has 1 aliphatic heterocycles. The quantitative estimate of drug-likeness (QED) is 0.241. The number of carbonyl (C=O) groups excluding carboxylic acids is 2. The summed E-state index contributed by atoms with van der Waals surface area (Å²) in [5.41, 5.74) is 1.55. The Hall–Kier alpha value is -5.34. The molecule has 1 atom stereocenters. The highest BCUT2D eigenvalue weighted by molar-refractivity contribution is 5.96. The number of carbonyl (C=O) groups is 3. The number of nitrogens with one attached hydrogen (secondary N) is 1. The standard InChI is InChI=1S/C32H33F3N6O6/c1-20-25(21(2)47-38-20)19-46-28-18-27(37-41(28)23-8-4-3-5-9-23)30(44)36-26(11-12-29(42)43)31(45)40-15-13-39(14-16-40)24-10-6-7-22(17-24)32(33,34)35/h3-10,17-18,26H,11-16,19H2,1-2H3,(H,36,44)(H,42,43). The van der Waals surface area contributed by atoms with Crippen molar-refractivity contribution in [1.82, 2.24) is 25.2 Å². The molecule has 248 valence electrons. The number of carboxylic acids is 1. The lowest BCUT2D eigenvalue weighted by Crippen LogP contribution is -2.55. The number of anilines is 1. The first-order valence-electron chi connectivity index (χ1n) is 14.8. The van der Waals surface area contributed by atoms with Crippen LogP contribution in [0.1, 0.15) is 45.9 Å². The maximum absolute atomic E-state index is 13.6. The van der Waals surface area contributed by atoms with Crippen molar-refractivity contribution in [2.24, 2.45) is 0 Å². The fraction of sp³-hybridized carbons (Fsp3) is 0.344. The van der Waals surface area contributed by atoms with Gasteiger partial charge >= 0.3 is 12.1 Å². The van der Waals surface area contributed by atoms with E-state index in [1.54, 1.807) is 49.1 Å². The summed E-state index contributed by atoms with van der Waals surface area (Å²) in [5, 5.41) is 20.3. The summed E-state index contributed by atoms with van der Waals surface area (Å²) in [6.07, 6.45) is -5.05. The molecular formula is C32H33F3N6O6. The van der Waals surface area contributed by atoms with Crippen LogP contribution in [-0.4, -0.2) is 74.9 Å². The molecule has 2 N–H and O–H groups in total. The van der Waals surface area contributed by atoms with Crippen LogP contribution in [0.5, 0.6) is 5.88 Å². The number of halogens is 3. The van der Waals surface area contributed by atoms with Gasteiger partial charge in [0.1, 0.15) is 18.4 Å². The van der Waals surface area contributed by atoms with Gasteiger partial charge in [0.2, 0.25) is 11.8 Å². The van der Waals surface area contributed by atoms with Gasteiger partial charge in [-0.05, 0) is 50.6 Å². The van der Waals surface area contributed by atoms with E-state index >= 15 is 0 Å². The molecule has 5 rings (SSSR count). The Morgan fingerprint density at radius 3 is 2.34 bits per heavy atom. The second kappa shape index (κ2) is 14.0. The lowest BCUT2D eigenvalue weighted by molar-refractivity contribution is -0.138. The third kappa shape index (κ3) is 7.91. The van der Waals surface area contributed by atoms with Crippen molar-refractivity contribution < 1.29 is 41.9 Å². The van der Waals surface area contributed by atoms with Gasteiger partial charge in [0.05, 0.1) is 22.5 Å². The molecule has 1 fully saturated rings. The summed E-state index contributed by atoms with van der Waals surface area (Å²) in [4.78, 5) is 41.7. The molecule has 12 nitrogen and oxygen atoms in total. The van der Waals surface area contributed by atoms with Crippen molar-refractivity contribution in [3.63, 3.8) is 0 Å². The number of hydrogen-bond donors (Lipinski definition) is 2. The number of aromatic nitrogens is 3. The van der Waals surface area contributed by atoms with E-state index in [9.17, 15) is 32.7 Å².